The second kappa shape index (κ2) is 3.91. The number of rotatable bonds is 1. The first-order valence-corrected chi connectivity index (χ1v) is 6.02. The lowest BCUT2D eigenvalue weighted by molar-refractivity contribution is 0.475. The van der Waals surface area contributed by atoms with Crippen molar-refractivity contribution >= 4 is 10.9 Å². The van der Waals surface area contributed by atoms with Crippen LogP contribution in [0.25, 0.3) is 22.2 Å². The van der Waals surface area contributed by atoms with E-state index in [-0.39, 0.29) is 0 Å². The fourth-order valence-corrected chi connectivity index (χ4v) is 2.61. The second-order valence-electron chi connectivity index (χ2n) is 4.60. The Hall–Kier alpha value is -2.22. The topological polar surface area (TPSA) is 25.2 Å². The van der Waals surface area contributed by atoms with E-state index in [1.54, 1.807) is 12.1 Å². The summed E-state index contributed by atoms with van der Waals surface area (Å²) in [5.41, 5.74) is 4.84. The zero-order chi connectivity index (χ0) is 12.7. The predicted molar refractivity (Wildman–Crippen MR) is 74.8 cm³/mol. The van der Waals surface area contributed by atoms with Crippen LogP contribution in [0.4, 0.5) is 0 Å². The molecule has 90 valence electrons. The molecule has 18 heavy (non-hydrogen) atoms. The first-order valence-electron chi connectivity index (χ1n) is 6.02. The third-order valence-corrected chi connectivity index (χ3v) is 3.50. The average Bonchev–Trinajstić information content (AvgIpc) is 2.64. The summed E-state index contributed by atoms with van der Waals surface area (Å²) in [5.74, 6) is 0.301. The molecule has 1 N–H and O–H groups in total. The Morgan fingerprint density at radius 3 is 2.28 bits per heavy atom. The lowest BCUT2D eigenvalue weighted by atomic mass is 10.1. The van der Waals surface area contributed by atoms with Crippen LogP contribution in [-0.4, -0.2) is 9.67 Å². The van der Waals surface area contributed by atoms with Crippen molar-refractivity contribution in [3.63, 3.8) is 0 Å². The minimum absolute atomic E-state index is 0.301. The Morgan fingerprint density at radius 2 is 1.61 bits per heavy atom. The smallest absolute Gasteiger partial charge is 0.115 e. The lowest BCUT2D eigenvalue weighted by Gasteiger charge is -2.06. The van der Waals surface area contributed by atoms with Gasteiger partial charge in [0.05, 0.1) is 5.69 Å². The van der Waals surface area contributed by atoms with Crippen molar-refractivity contribution in [2.75, 3.05) is 0 Å². The number of aromatic nitrogens is 1. The summed E-state index contributed by atoms with van der Waals surface area (Å²) in [6.45, 7) is 2.14. The molecule has 0 saturated carbocycles. The molecule has 1 heterocycles. The lowest BCUT2D eigenvalue weighted by Crippen LogP contribution is -1.91. The molecule has 0 unspecified atom stereocenters. The monoisotopic (exact) mass is 237 g/mol. The van der Waals surface area contributed by atoms with Gasteiger partial charge in [-0.25, -0.2) is 0 Å². The molecule has 1 aromatic heterocycles. The SMILES string of the molecule is Cc1c(-c2ccc(O)cc2)n(C)c2ccccc12. The first-order chi connectivity index (χ1) is 8.68. The third-order valence-electron chi connectivity index (χ3n) is 3.50. The Morgan fingerprint density at radius 1 is 0.944 bits per heavy atom. The van der Waals surface area contributed by atoms with Crippen LogP contribution >= 0.6 is 0 Å². The van der Waals surface area contributed by atoms with Gasteiger partial charge in [-0.1, -0.05) is 18.2 Å². The molecule has 0 radical (unpaired) electrons. The van der Waals surface area contributed by atoms with Crippen LogP contribution in [-0.2, 0) is 7.05 Å². The van der Waals surface area contributed by atoms with E-state index in [4.69, 9.17) is 0 Å². The predicted octanol–water partition coefficient (Wildman–Crippen LogP) is 3.86. The number of hydrogen-bond donors (Lipinski definition) is 1. The van der Waals surface area contributed by atoms with Crippen molar-refractivity contribution in [1.29, 1.82) is 0 Å². The molecule has 0 bridgehead atoms. The van der Waals surface area contributed by atoms with E-state index in [0.717, 1.165) is 5.56 Å². The molecule has 2 nitrogen and oxygen atoms in total. The minimum atomic E-state index is 0.301. The van der Waals surface area contributed by atoms with E-state index in [1.807, 2.05) is 12.1 Å². The maximum Gasteiger partial charge on any atom is 0.115 e. The van der Waals surface area contributed by atoms with Crippen LogP contribution < -0.4 is 0 Å². The van der Waals surface area contributed by atoms with Gasteiger partial charge in [0.25, 0.3) is 0 Å². The van der Waals surface area contributed by atoms with E-state index in [2.05, 4.69) is 42.8 Å². The maximum atomic E-state index is 9.38. The normalized spacial score (nSPS) is 11.0. The summed E-state index contributed by atoms with van der Waals surface area (Å²) in [6.07, 6.45) is 0. The van der Waals surface area contributed by atoms with Gasteiger partial charge in [0.1, 0.15) is 5.75 Å². The molecule has 0 spiro atoms. The fraction of sp³-hybridized carbons (Fsp3) is 0.125. The number of phenolic OH excluding ortho intramolecular Hbond substituents is 1. The van der Waals surface area contributed by atoms with Gasteiger partial charge in [0.2, 0.25) is 0 Å². The standard InChI is InChI=1S/C16H15NO/c1-11-14-5-3-4-6-15(14)17(2)16(11)12-7-9-13(18)10-8-12/h3-10,18H,1-2H3. The highest BCUT2D eigenvalue weighted by Gasteiger charge is 2.12. The second-order valence-corrected chi connectivity index (χ2v) is 4.60. The fourth-order valence-electron chi connectivity index (χ4n) is 2.61. The minimum Gasteiger partial charge on any atom is -0.508 e. The van der Waals surface area contributed by atoms with Gasteiger partial charge in [-0.05, 0) is 48.4 Å². The zero-order valence-electron chi connectivity index (χ0n) is 10.5. The molecular formula is C16H15NO. The van der Waals surface area contributed by atoms with Crippen molar-refractivity contribution in [2.24, 2.45) is 7.05 Å². The Bertz CT molecular complexity index is 669. The molecule has 0 aliphatic heterocycles. The quantitative estimate of drug-likeness (QED) is 0.683. The van der Waals surface area contributed by atoms with Gasteiger partial charge in [-0.3, -0.25) is 0 Å². The van der Waals surface area contributed by atoms with Crippen molar-refractivity contribution in [3.05, 3.63) is 54.1 Å². The largest absolute Gasteiger partial charge is 0.508 e. The molecule has 0 fully saturated rings. The molecule has 0 aliphatic carbocycles. The van der Waals surface area contributed by atoms with Crippen molar-refractivity contribution in [3.8, 4) is 17.0 Å². The zero-order valence-corrected chi connectivity index (χ0v) is 10.5. The number of nitrogens with zero attached hydrogens (tertiary/aromatic N) is 1. The van der Waals surface area contributed by atoms with E-state index >= 15 is 0 Å². The molecule has 3 aromatic rings. The Balaban J connectivity index is 2.32. The first kappa shape index (κ1) is 10.9. The summed E-state index contributed by atoms with van der Waals surface area (Å²) >= 11 is 0. The molecule has 0 saturated heterocycles. The highest BCUT2D eigenvalue weighted by Crippen LogP contribution is 2.32. The molecule has 0 atom stereocenters. The average molecular weight is 237 g/mol. The summed E-state index contributed by atoms with van der Waals surface area (Å²) in [6, 6.07) is 15.8. The summed E-state index contributed by atoms with van der Waals surface area (Å²) in [5, 5.41) is 10.7. The van der Waals surface area contributed by atoms with Crippen LogP contribution in [0.2, 0.25) is 0 Å². The molecule has 2 heteroatoms. The number of phenols is 1. The van der Waals surface area contributed by atoms with Crippen LogP contribution in [0.3, 0.4) is 0 Å². The maximum absolute atomic E-state index is 9.38. The Kier molecular flexibility index (Phi) is 2.37. The van der Waals surface area contributed by atoms with E-state index < -0.39 is 0 Å². The third kappa shape index (κ3) is 1.50. The van der Waals surface area contributed by atoms with E-state index in [9.17, 15) is 5.11 Å². The van der Waals surface area contributed by atoms with Gasteiger partial charge < -0.3 is 9.67 Å². The molecule has 0 aliphatic rings. The van der Waals surface area contributed by atoms with Crippen LogP contribution in [0.15, 0.2) is 48.5 Å². The molecular weight excluding hydrogens is 222 g/mol. The summed E-state index contributed by atoms with van der Waals surface area (Å²) in [4.78, 5) is 0. The summed E-state index contributed by atoms with van der Waals surface area (Å²) < 4.78 is 2.21. The number of hydrogen-bond acceptors (Lipinski definition) is 1. The van der Waals surface area contributed by atoms with Crippen molar-refractivity contribution < 1.29 is 5.11 Å². The number of aromatic hydroxyl groups is 1. The molecule has 2 aromatic carbocycles. The van der Waals surface area contributed by atoms with Gasteiger partial charge in [-0.15, -0.1) is 0 Å². The van der Waals surface area contributed by atoms with Crippen LogP contribution in [0.5, 0.6) is 5.75 Å². The van der Waals surface area contributed by atoms with E-state index in [1.165, 1.54) is 22.2 Å². The van der Waals surface area contributed by atoms with Crippen LogP contribution in [0.1, 0.15) is 5.56 Å². The van der Waals surface area contributed by atoms with Gasteiger partial charge in [-0.2, -0.15) is 0 Å². The van der Waals surface area contributed by atoms with Gasteiger partial charge >= 0.3 is 0 Å². The van der Waals surface area contributed by atoms with Gasteiger partial charge in [0, 0.05) is 18.0 Å². The number of aryl methyl sites for hydroxylation is 2. The van der Waals surface area contributed by atoms with Gasteiger partial charge in [0.15, 0.2) is 0 Å². The van der Waals surface area contributed by atoms with E-state index in [0.29, 0.717) is 5.75 Å². The number of benzene rings is 2. The van der Waals surface area contributed by atoms with Crippen molar-refractivity contribution in [1.82, 2.24) is 4.57 Å². The van der Waals surface area contributed by atoms with Crippen molar-refractivity contribution in [2.45, 2.75) is 6.92 Å². The summed E-state index contributed by atoms with van der Waals surface area (Å²) in [7, 11) is 2.08. The molecule has 0 amide bonds. The highest BCUT2D eigenvalue weighted by molar-refractivity contribution is 5.91. The molecule has 3 rings (SSSR count). The highest BCUT2D eigenvalue weighted by atomic mass is 16.3. The Labute approximate surface area is 106 Å². The number of para-hydroxylation sites is 1. The van der Waals surface area contributed by atoms with Crippen LogP contribution in [0, 0.1) is 6.92 Å². The number of fused-ring (bicyclic) bond motifs is 1.